The van der Waals surface area contributed by atoms with E-state index in [9.17, 15) is 9.59 Å². The van der Waals surface area contributed by atoms with Crippen molar-refractivity contribution in [1.29, 1.82) is 0 Å². The number of aromatic carboxylic acids is 1. The number of carboxylic acid groups (broad SMARTS) is 1. The van der Waals surface area contributed by atoms with E-state index in [2.05, 4.69) is 39.1 Å². The lowest BCUT2D eigenvalue weighted by Crippen LogP contribution is -2.13. The van der Waals surface area contributed by atoms with Crippen molar-refractivity contribution in [2.75, 3.05) is 5.32 Å². The van der Waals surface area contributed by atoms with E-state index in [1.807, 2.05) is 12.1 Å². The van der Waals surface area contributed by atoms with Crippen LogP contribution < -0.4 is 5.32 Å². The Labute approximate surface area is 135 Å². The molecule has 1 amide bonds. The monoisotopic (exact) mass is 315 g/mol. The summed E-state index contributed by atoms with van der Waals surface area (Å²) in [6, 6.07) is 7.17. The van der Waals surface area contributed by atoms with Gasteiger partial charge in [0, 0.05) is 11.8 Å². The fourth-order valence-electron chi connectivity index (χ4n) is 2.28. The SMILES string of the molecule is CC(C)c1ccc(NC(=O)c2cc(C(=O)O)co2)c(C(C)C)c1. The number of furan rings is 1. The van der Waals surface area contributed by atoms with Crippen LogP contribution in [0.4, 0.5) is 5.69 Å². The van der Waals surface area contributed by atoms with Crippen molar-refractivity contribution >= 4 is 17.6 Å². The molecule has 5 heteroatoms. The summed E-state index contributed by atoms with van der Waals surface area (Å²) in [5.41, 5.74) is 2.91. The van der Waals surface area contributed by atoms with Crippen LogP contribution in [0.25, 0.3) is 0 Å². The Bertz CT molecular complexity index is 728. The molecule has 0 unspecified atom stereocenters. The molecule has 2 aromatic rings. The summed E-state index contributed by atoms with van der Waals surface area (Å²) < 4.78 is 5.03. The van der Waals surface area contributed by atoms with Crippen molar-refractivity contribution in [2.24, 2.45) is 0 Å². The Morgan fingerprint density at radius 2 is 1.78 bits per heavy atom. The van der Waals surface area contributed by atoms with E-state index in [0.29, 0.717) is 11.6 Å². The fourth-order valence-corrected chi connectivity index (χ4v) is 2.28. The van der Waals surface area contributed by atoms with Crippen molar-refractivity contribution in [1.82, 2.24) is 0 Å². The fraction of sp³-hybridized carbons (Fsp3) is 0.333. The second-order valence-electron chi connectivity index (χ2n) is 6.11. The van der Waals surface area contributed by atoms with Crippen molar-refractivity contribution in [2.45, 2.75) is 39.5 Å². The van der Waals surface area contributed by atoms with Gasteiger partial charge in [-0.2, -0.15) is 0 Å². The molecule has 5 nitrogen and oxygen atoms in total. The average molecular weight is 315 g/mol. The van der Waals surface area contributed by atoms with Gasteiger partial charge in [0.2, 0.25) is 0 Å². The molecule has 0 spiro atoms. The zero-order chi connectivity index (χ0) is 17.1. The smallest absolute Gasteiger partial charge is 0.338 e. The maximum Gasteiger partial charge on any atom is 0.338 e. The third-order valence-corrected chi connectivity index (χ3v) is 3.68. The van der Waals surface area contributed by atoms with E-state index in [1.54, 1.807) is 0 Å². The zero-order valence-corrected chi connectivity index (χ0v) is 13.7. The Morgan fingerprint density at radius 1 is 1.09 bits per heavy atom. The van der Waals surface area contributed by atoms with Gasteiger partial charge in [-0.25, -0.2) is 4.79 Å². The van der Waals surface area contributed by atoms with Gasteiger partial charge < -0.3 is 14.8 Å². The van der Waals surface area contributed by atoms with Gasteiger partial charge in [0.15, 0.2) is 5.76 Å². The molecule has 0 atom stereocenters. The Morgan fingerprint density at radius 3 is 2.30 bits per heavy atom. The highest BCUT2D eigenvalue weighted by Gasteiger charge is 2.17. The van der Waals surface area contributed by atoms with Crippen LogP contribution >= 0.6 is 0 Å². The van der Waals surface area contributed by atoms with Crippen LogP contribution in [0.1, 0.15) is 71.6 Å². The van der Waals surface area contributed by atoms with E-state index in [0.717, 1.165) is 11.8 Å². The number of rotatable bonds is 5. The van der Waals surface area contributed by atoms with E-state index in [1.165, 1.54) is 11.6 Å². The van der Waals surface area contributed by atoms with Crippen LogP contribution in [-0.2, 0) is 0 Å². The summed E-state index contributed by atoms with van der Waals surface area (Å²) in [7, 11) is 0. The summed E-state index contributed by atoms with van der Waals surface area (Å²) in [6.45, 7) is 8.36. The first kappa shape index (κ1) is 16.8. The van der Waals surface area contributed by atoms with Crippen LogP contribution in [0, 0.1) is 0 Å². The predicted molar refractivity (Wildman–Crippen MR) is 88.2 cm³/mol. The standard InChI is InChI=1S/C18H21NO4/c1-10(2)12-5-6-15(14(7-12)11(3)4)19-17(20)16-8-13(9-23-16)18(21)22/h5-11H,1-4H3,(H,19,20)(H,21,22). The van der Waals surface area contributed by atoms with Gasteiger partial charge in [-0.15, -0.1) is 0 Å². The van der Waals surface area contributed by atoms with Crippen molar-refractivity contribution in [3.63, 3.8) is 0 Å². The summed E-state index contributed by atoms with van der Waals surface area (Å²) in [5, 5.41) is 11.7. The summed E-state index contributed by atoms with van der Waals surface area (Å²) in [4.78, 5) is 23.1. The lowest BCUT2D eigenvalue weighted by Gasteiger charge is -2.16. The van der Waals surface area contributed by atoms with Gasteiger partial charge in [-0.1, -0.05) is 39.8 Å². The Hall–Kier alpha value is -2.56. The molecule has 1 aromatic carbocycles. The van der Waals surface area contributed by atoms with Gasteiger partial charge in [0.25, 0.3) is 5.91 Å². The summed E-state index contributed by atoms with van der Waals surface area (Å²) in [6.07, 6.45) is 1.06. The molecule has 0 aliphatic rings. The largest absolute Gasteiger partial charge is 0.478 e. The van der Waals surface area contributed by atoms with E-state index in [4.69, 9.17) is 9.52 Å². The lowest BCUT2D eigenvalue weighted by atomic mass is 9.94. The Balaban J connectivity index is 2.27. The summed E-state index contributed by atoms with van der Waals surface area (Å²) >= 11 is 0. The zero-order valence-electron chi connectivity index (χ0n) is 13.7. The number of nitrogens with one attached hydrogen (secondary N) is 1. The lowest BCUT2D eigenvalue weighted by molar-refractivity contribution is 0.0696. The molecule has 0 saturated carbocycles. The van der Waals surface area contributed by atoms with Crippen LogP contribution in [-0.4, -0.2) is 17.0 Å². The van der Waals surface area contributed by atoms with Gasteiger partial charge >= 0.3 is 5.97 Å². The minimum Gasteiger partial charge on any atom is -0.478 e. The molecule has 2 N–H and O–H groups in total. The van der Waals surface area contributed by atoms with E-state index in [-0.39, 0.29) is 17.2 Å². The second kappa shape index (κ2) is 6.69. The first-order chi connectivity index (χ1) is 10.8. The third kappa shape index (κ3) is 3.80. The van der Waals surface area contributed by atoms with E-state index >= 15 is 0 Å². The highest BCUT2D eigenvalue weighted by Crippen LogP contribution is 2.28. The third-order valence-electron chi connectivity index (χ3n) is 3.68. The molecule has 23 heavy (non-hydrogen) atoms. The molecule has 1 heterocycles. The number of amides is 1. The van der Waals surface area contributed by atoms with Crippen LogP contribution in [0.3, 0.4) is 0 Å². The maximum absolute atomic E-state index is 12.2. The minimum atomic E-state index is -1.13. The molecule has 122 valence electrons. The number of benzene rings is 1. The topological polar surface area (TPSA) is 79.5 Å². The molecule has 0 bridgehead atoms. The van der Waals surface area contributed by atoms with Gasteiger partial charge in [-0.05, 0) is 29.0 Å². The maximum atomic E-state index is 12.2. The first-order valence-electron chi connectivity index (χ1n) is 7.56. The van der Waals surface area contributed by atoms with Gasteiger partial charge in [-0.3, -0.25) is 4.79 Å². The number of hydrogen-bond donors (Lipinski definition) is 2. The highest BCUT2D eigenvalue weighted by atomic mass is 16.4. The number of carbonyl (C=O) groups is 2. The molecule has 0 aliphatic carbocycles. The quantitative estimate of drug-likeness (QED) is 0.852. The molecule has 1 aromatic heterocycles. The second-order valence-corrected chi connectivity index (χ2v) is 6.11. The van der Waals surface area contributed by atoms with Crippen molar-refractivity contribution in [3.8, 4) is 0 Å². The van der Waals surface area contributed by atoms with Crippen LogP contribution in [0.5, 0.6) is 0 Å². The molecule has 0 radical (unpaired) electrons. The average Bonchev–Trinajstić information content (AvgIpc) is 2.97. The highest BCUT2D eigenvalue weighted by molar-refractivity contribution is 6.04. The number of carboxylic acids is 1. The van der Waals surface area contributed by atoms with E-state index < -0.39 is 11.9 Å². The molecule has 0 saturated heterocycles. The molecular formula is C18H21NO4. The molecule has 0 fully saturated rings. The first-order valence-corrected chi connectivity index (χ1v) is 7.56. The normalized spacial score (nSPS) is 11.0. The molecule has 0 aliphatic heterocycles. The van der Waals surface area contributed by atoms with Crippen molar-refractivity contribution in [3.05, 3.63) is 53.0 Å². The Kier molecular flexibility index (Phi) is 4.89. The number of hydrogen-bond acceptors (Lipinski definition) is 3. The van der Waals surface area contributed by atoms with Gasteiger partial charge in [0.1, 0.15) is 6.26 Å². The number of carbonyl (C=O) groups excluding carboxylic acids is 1. The predicted octanol–water partition coefficient (Wildman–Crippen LogP) is 4.48. The molecule has 2 rings (SSSR count). The van der Waals surface area contributed by atoms with Crippen LogP contribution in [0.2, 0.25) is 0 Å². The van der Waals surface area contributed by atoms with Crippen molar-refractivity contribution < 1.29 is 19.1 Å². The van der Waals surface area contributed by atoms with Crippen LogP contribution in [0.15, 0.2) is 34.9 Å². The van der Waals surface area contributed by atoms with Gasteiger partial charge in [0.05, 0.1) is 5.56 Å². The minimum absolute atomic E-state index is 0.0231. The summed E-state index contributed by atoms with van der Waals surface area (Å²) in [5.74, 6) is -0.964. The number of anilines is 1. The molecular weight excluding hydrogens is 294 g/mol.